The molecule has 6 rings (SSSR count). The number of alkyl halides is 6. The molecule has 0 N–H and O–H groups in total. The third kappa shape index (κ3) is 8.13. The molecular weight excluding hydrogens is 668 g/mol. The summed E-state index contributed by atoms with van der Waals surface area (Å²) < 4.78 is 87.9. The second-order valence-electron chi connectivity index (χ2n) is 12.9. The number of fused-ring (bicyclic) bond motifs is 1. The molecule has 3 aromatic carbocycles. The number of rotatable bonds is 10. The van der Waals surface area contributed by atoms with Crippen molar-refractivity contribution in [3.63, 3.8) is 0 Å². The summed E-state index contributed by atoms with van der Waals surface area (Å²) in [5.74, 6) is 0.605. The van der Waals surface area contributed by atoms with Gasteiger partial charge in [0.15, 0.2) is 0 Å². The van der Waals surface area contributed by atoms with Gasteiger partial charge < -0.3 is 9.80 Å². The third-order valence-electron chi connectivity index (χ3n) is 9.49. The van der Waals surface area contributed by atoms with Crippen LogP contribution in [0.3, 0.4) is 0 Å². The van der Waals surface area contributed by atoms with Crippen LogP contribution in [-0.2, 0) is 38.3 Å². The highest BCUT2D eigenvalue weighted by Gasteiger charge is 2.37. The predicted molar refractivity (Wildman–Crippen MR) is 184 cm³/mol. The lowest BCUT2D eigenvalue weighted by Crippen LogP contribution is -2.31. The Morgan fingerprint density at radius 1 is 0.771 bits per heavy atom. The van der Waals surface area contributed by atoms with E-state index in [0.29, 0.717) is 12.5 Å². The Morgan fingerprint density at radius 3 is 2.02 bits per heavy atom. The first-order valence-corrected chi connectivity index (χ1v) is 17.1. The Kier molecular flexibility index (Phi) is 11.0. The molecule has 1 aromatic heterocycles. The lowest BCUT2D eigenvalue weighted by atomic mass is 9.99. The minimum atomic E-state index is -4.92. The van der Waals surface area contributed by atoms with E-state index < -0.39 is 23.5 Å². The van der Waals surface area contributed by atoms with Crippen LogP contribution >= 0.6 is 23.9 Å². The minimum absolute atomic E-state index is 0. The molecule has 0 aliphatic heterocycles. The van der Waals surface area contributed by atoms with Crippen molar-refractivity contribution in [3.8, 4) is 10.4 Å². The zero-order chi connectivity index (χ0) is 33.3. The van der Waals surface area contributed by atoms with E-state index in [2.05, 4.69) is 28.3 Å². The Morgan fingerprint density at radius 2 is 1.42 bits per heavy atom. The van der Waals surface area contributed by atoms with E-state index >= 15 is 0 Å². The fourth-order valence-corrected chi connectivity index (χ4v) is 7.99. The Hall–Kier alpha value is -3.24. The van der Waals surface area contributed by atoms with Crippen molar-refractivity contribution in [1.29, 1.82) is 0 Å². The van der Waals surface area contributed by atoms with E-state index in [-0.39, 0.29) is 30.6 Å². The standard InChI is InChI=1S/C37H39F6N3S.ClH/c1-3-45(21-25-9-4-5-10-25)34-19-28-12-8-11-27(28)18-29(34)23-46(33-14-7-6-13-32(33)35-15-24(2)44-47-35)22-26-16-30(36(38,39)40)20-31(17-26)37(41,42)43;/h6-7,13-20,25H,3-5,8-12,21-23H2,1-2H3;1H. The molecule has 0 unspecified atom stereocenters. The van der Waals surface area contributed by atoms with Crippen molar-refractivity contribution in [3.05, 3.63) is 99.7 Å². The maximum Gasteiger partial charge on any atom is 0.416 e. The summed E-state index contributed by atoms with van der Waals surface area (Å²) in [6.45, 7) is 5.95. The molecule has 0 amide bonds. The number of halogens is 7. The van der Waals surface area contributed by atoms with E-state index in [4.69, 9.17) is 0 Å². The van der Waals surface area contributed by atoms with Crippen LogP contribution < -0.4 is 9.80 Å². The summed E-state index contributed by atoms with van der Waals surface area (Å²) in [6.07, 6.45) is -1.96. The summed E-state index contributed by atoms with van der Waals surface area (Å²) in [6, 6.07) is 15.9. The lowest BCUT2D eigenvalue weighted by Gasteiger charge is -2.33. The van der Waals surface area contributed by atoms with E-state index in [1.54, 1.807) is 0 Å². The fraction of sp³-hybridized carbons (Fsp3) is 0.432. The smallest absolute Gasteiger partial charge is 0.371 e. The van der Waals surface area contributed by atoms with Crippen molar-refractivity contribution < 1.29 is 26.3 Å². The van der Waals surface area contributed by atoms with Crippen molar-refractivity contribution in [2.45, 2.75) is 84.2 Å². The fourth-order valence-electron chi connectivity index (χ4n) is 7.20. The van der Waals surface area contributed by atoms with Crippen LogP contribution in [0.5, 0.6) is 0 Å². The van der Waals surface area contributed by atoms with Gasteiger partial charge in [0, 0.05) is 43.1 Å². The summed E-state index contributed by atoms with van der Waals surface area (Å²) >= 11 is 1.32. The zero-order valence-electron chi connectivity index (χ0n) is 27.1. The molecule has 2 aliphatic rings. The monoisotopic (exact) mass is 707 g/mol. The molecule has 1 saturated carbocycles. The second kappa shape index (κ2) is 14.7. The second-order valence-corrected chi connectivity index (χ2v) is 13.7. The van der Waals surface area contributed by atoms with Gasteiger partial charge >= 0.3 is 12.4 Å². The molecule has 11 heteroatoms. The molecule has 4 aromatic rings. The van der Waals surface area contributed by atoms with E-state index in [1.165, 1.54) is 48.3 Å². The summed E-state index contributed by atoms with van der Waals surface area (Å²) in [4.78, 5) is 5.24. The molecule has 1 heterocycles. The molecule has 0 atom stereocenters. The minimum Gasteiger partial charge on any atom is -0.371 e. The Bertz CT molecular complexity index is 1680. The van der Waals surface area contributed by atoms with Gasteiger partial charge in [-0.05, 0) is 122 Å². The summed E-state index contributed by atoms with van der Waals surface area (Å²) in [7, 11) is 0. The van der Waals surface area contributed by atoms with Crippen LogP contribution in [-0.4, -0.2) is 17.5 Å². The van der Waals surface area contributed by atoms with Crippen LogP contribution in [0.1, 0.15) is 78.1 Å². The van der Waals surface area contributed by atoms with Gasteiger partial charge in [0.25, 0.3) is 0 Å². The largest absolute Gasteiger partial charge is 0.416 e. The van der Waals surface area contributed by atoms with Gasteiger partial charge in [0.1, 0.15) is 0 Å². The van der Waals surface area contributed by atoms with Gasteiger partial charge in [-0.3, -0.25) is 0 Å². The molecule has 48 heavy (non-hydrogen) atoms. The van der Waals surface area contributed by atoms with Gasteiger partial charge in [-0.15, -0.1) is 12.4 Å². The number of para-hydroxylation sites is 1. The van der Waals surface area contributed by atoms with Gasteiger partial charge in [0.2, 0.25) is 0 Å². The van der Waals surface area contributed by atoms with E-state index in [9.17, 15) is 26.3 Å². The number of hydrogen-bond acceptors (Lipinski definition) is 4. The number of anilines is 2. The number of hydrogen-bond donors (Lipinski definition) is 0. The number of aryl methyl sites for hydroxylation is 3. The number of benzene rings is 3. The Balaban J connectivity index is 0.00000451. The quantitative estimate of drug-likeness (QED) is 0.153. The molecule has 0 bridgehead atoms. The molecule has 0 saturated heterocycles. The first-order valence-electron chi connectivity index (χ1n) is 16.3. The van der Waals surface area contributed by atoms with Crippen LogP contribution in [0.15, 0.2) is 60.7 Å². The average Bonchev–Trinajstić information content (AvgIpc) is 3.81. The lowest BCUT2D eigenvalue weighted by molar-refractivity contribution is -0.143. The predicted octanol–water partition coefficient (Wildman–Crippen LogP) is 11.3. The van der Waals surface area contributed by atoms with E-state index in [1.807, 2.05) is 42.2 Å². The summed E-state index contributed by atoms with van der Waals surface area (Å²) in [5.41, 5.74) is 4.48. The first kappa shape index (κ1) is 36.1. The molecule has 0 spiro atoms. The summed E-state index contributed by atoms with van der Waals surface area (Å²) in [5, 5.41) is 0. The van der Waals surface area contributed by atoms with Crippen LogP contribution in [0.25, 0.3) is 10.4 Å². The maximum atomic E-state index is 13.9. The highest BCUT2D eigenvalue weighted by atomic mass is 35.5. The SMILES string of the molecule is CCN(CC1CCCC1)c1cc2c(cc1CN(Cc1cc(C(F)(F)F)cc(C(F)(F)F)c1)c1ccccc1-c1cc(C)ns1)CCC2.Cl. The van der Waals surface area contributed by atoms with Crippen LogP contribution in [0, 0.1) is 12.8 Å². The van der Waals surface area contributed by atoms with Gasteiger partial charge in [0.05, 0.1) is 21.7 Å². The first-order chi connectivity index (χ1) is 22.4. The zero-order valence-corrected chi connectivity index (χ0v) is 28.7. The normalized spacial score (nSPS) is 15.0. The van der Waals surface area contributed by atoms with Gasteiger partial charge in [-0.25, -0.2) is 0 Å². The highest BCUT2D eigenvalue weighted by Crippen LogP contribution is 2.41. The van der Waals surface area contributed by atoms with Crippen molar-refractivity contribution in [2.75, 3.05) is 22.9 Å². The number of nitrogens with zero attached hydrogens (tertiary/aromatic N) is 3. The molecule has 258 valence electrons. The topological polar surface area (TPSA) is 19.4 Å². The average molecular weight is 708 g/mol. The Labute approximate surface area is 288 Å². The van der Waals surface area contributed by atoms with Crippen LogP contribution in [0.2, 0.25) is 0 Å². The van der Waals surface area contributed by atoms with Gasteiger partial charge in [-0.2, -0.15) is 30.7 Å². The van der Waals surface area contributed by atoms with Crippen molar-refractivity contribution in [2.24, 2.45) is 5.92 Å². The van der Waals surface area contributed by atoms with E-state index in [0.717, 1.165) is 77.6 Å². The molecule has 2 aliphatic carbocycles. The maximum absolute atomic E-state index is 13.9. The van der Waals surface area contributed by atoms with Crippen molar-refractivity contribution in [1.82, 2.24) is 4.37 Å². The van der Waals surface area contributed by atoms with Crippen LogP contribution in [0.4, 0.5) is 37.7 Å². The van der Waals surface area contributed by atoms with Gasteiger partial charge in [-0.1, -0.05) is 37.1 Å². The highest BCUT2D eigenvalue weighted by molar-refractivity contribution is 7.09. The molecule has 1 fully saturated rings. The van der Waals surface area contributed by atoms with Crippen molar-refractivity contribution >= 4 is 35.3 Å². The molecule has 0 radical (unpaired) electrons. The molecular formula is C37H40ClF6N3S. The third-order valence-corrected chi connectivity index (χ3v) is 10.4. The number of aromatic nitrogens is 1. The molecule has 3 nitrogen and oxygen atoms in total.